The lowest BCUT2D eigenvalue weighted by atomic mass is 10.0. The standard InChI is InChI=1S/C36H41NO7/c1-39-36(40-2)35(44-26-31-21-13-6-14-22-31)34(43-25-30-19-11-5-12-20-30)33(42-24-29-17-9-4-10-18-29)32(37-38)27-41-23-28-15-7-3-8-16-28/h3-22,33-36,38H,23-27H2,1-2H3/b37-32-/t33-,34+,35-/m1/s1. The predicted molar refractivity (Wildman–Crippen MR) is 168 cm³/mol. The molecule has 0 aliphatic carbocycles. The van der Waals surface area contributed by atoms with E-state index in [1.54, 1.807) is 14.2 Å². The van der Waals surface area contributed by atoms with E-state index in [1.807, 2.05) is 121 Å². The van der Waals surface area contributed by atoms with Gasteiger partial charge in [0.25, 0.3) is 0 Å². The highest BCUT2D eigenvalue weighted by atomic mass is 16.7. The van der Waals surface area contributed by atoms with Gasteiger partial charge >= 0.3 is 0 Å². The molecule has 44 heavy (non-hydrogen) atoms. The van der Waals surface area contributed by atoms with Gasteiger partial charge in [0.05, 0.1) is 33.0 Å². The average molecular weight is 600 g/mol. The Morgan fingerprint density at radius 3 is 1.34 bits per heavy atom. The van der Waals surface area contributed by atoms with Crippen molar-refractivity contribution in [3.05, 3.63) is 144 Å². The second-order valence-corrected chi connectivity index (χ2v) is 10.1. The van der Waals surface area contributed by atoms with Gasteiger partial charge in [0.2, 0.25) is 0 Å². The Kier molecular flexibility index (Phi) is 14.0. The molecule has 8 heteroatoms. The maximum Gasteiger partial charge on any atom is 0.185 e. The summed E-state index contributed by atoms with van der Waals surface area (Å²) < 4.78 is 37.1. The van der Waals surface area contributed by atoms with Crippen LogP contribution in [0.15, 0.2) is 126 Å². The third-order valence-corrected chi connectivity index (χ3v) is 7.02. The quantitative estimate of drug-likeness (QED) is 0.0577. The van der Waals surface area contributed by atoms with E-state index in [9.17, 15) is 5.21 Å². The van der Waals surface area contributed by atoms with Crippen LogP contribution in [0.3, 0.4) is 0 Å². The zero-order valence-corrected chi connectivity index (χ0v) is 25.2. The van der Waals surface area contributed by atoms with Crippen LogP contribution in [0.2, 0.25) is 0 Å². The molecule has 0 saturated carbocycles. The molecule has 0 aliphatic heterocycles. The van der Waals surface area contributed by atoms with E-state index in [1.165, 1.54) is 0 Å². The summed E-state index contributed by atoms with van der Waals surface area (Å²) in [6.45, 7) is 1.05. The Bertz CT molecular complexity index is 1340. The van der Waals surface area contributed by atoms with Gasteiger partial charge in [-0.25, -0.2) is 0 Å². The van der Waals surface area contributed by atoms with E-state index in [0.717, 1.165) is 22.3 Å². The van der Waals surface area contributed by atoms with Crippen molar-refractivity contribution in [3.8, 4) is 0 Å². The number of hydrogen-bond donors (Lipinski definition) is 1. The summed E-state index contributed by atoms with van der Waals surface area (Å²) in [5, 5.41) is 14.0. The van der Waals surface area contributed by atoms with Crippen molar-refractivity contribution in [2.45, 2.75) is 51.0 Å². The SMILES string of the molecule is COC(OC)[C@H](OCc1ccccc1)[C@@H](OCc1ccccc1)[C@H](OCc1ccccc1)/C(COCc1ccccc1)=N\O. The van der Waals surface area contributed by atoms with Crippen LogP contribution < -0.4 is 0 Å². The number of oxime groups is 1. The first-order valence-electron chi connectivity index (χ1n) is 14.6. The number of hydrogen-bond acceptors (Lipinski definition) is 8. The summed E-state index contributed by atoms with van der Waals surface area (Å²) in [5.74, 6) is 0. The second-order valence-electron chi connectivity index (χ2n) is 10.1. The molecule has 0 heterocycles. The van der Waals surface area contributed by atoms with Gasteiger partial charge in [-0.05, 0) is 22.3 Å². The normalized spacial score (nSPS) is 13.9. The van der Waals surface area contributed by atoms with E-state index in [4.69, 9.17) is 28.4 Å². The minimum atomic E-state index is -0.895. The number of rotatable bonds is 19. The van der Waals surface area contributed by atoms with Crippen molar-refractivity contribution in [3.63, 3.8) is 0 Å². The fraction of sp³-hybridized carbons (Fsp3) is 0.306. The van der Waals surface area contributed by atoms with Gasteiger partial charge in [-0.3, -0.25) is 0 Å². The minimum absolute atomic E-state index is 0.00785. The molecule has 8 nitrogen and oxygen atoms in total. The summed E-state index contributed by atoms with van der Waals surface area (Å²) in [6.07, 6.45) is -3.35. The minimum Gasteiger partial charge on any atom is -0.411 e. The molecule has 1 N–H and O–H groups in total. The van der Waals surface area contributed by atoms with Crippen molar-refractivity contribution in [2.75, 3.05) is 20.8 Å². The van der Waals surface area contributed by atoms with E-state index in [2.05, 4.69) is 5.16 Å². The molecule has 0 aromatic heterocycles. The molecule has 4 aromatic carbocycles. The summed E-state index contributed by atoms with van der Waals surface area (Å²) in [7, 11) is 3.09. The van der Waals surface area contributed by atoms with Gasteiger partial charge in [-0.2, -0.15) is 0 Å². The first-order valence-corrected chi connectivity index (χ1v) is 14.6. The van der Waals surface area contributed by atoms with Crippen LogP contribution in [0.5, 0.6) is 0 Å². The zero-order valence-electron chi connectivity index (χ0n) is 25.2. The highest BCUT2D eigenvalue weighted by Gasteiger charge is 2.41. The maximum absolute atomic E-state index is 10.3. The third-order valence-electron chi connectivity index (χ3n) is 7.02. The second kappa shape index (κ2) is 18.7. The smallest absolute Gasteiger partial charge is 0.185 e. The topological polar surface area (TPSA) is 88.0 Å². The Morgan fingerprint density at radius 2 is 0.932 bits per heavy atom. The zero-order chi connectivity index (χ0) is 30.8. The Hall–Kier alpha value is -3.89. The monoisotopic (exact) mass is 599 g/mol. The van der Waals surface area contributed by atoms with Crippen LogP contribution in [-0.4, -0.2) is 56.3 Å². The van der Waals surface area contributed by atoms with Crippen molar-refractivity contribution >= 4 is 5.71 Å². The van der Waals surface area contributed by atoms with Crippen molar-refractivity contribution < 1.29 is 33.6 Å². The lowest BCUT2D eigenvalue weighted by molar-refractivity contribution is -0.234. The van der Waals surface area contributed by atoms with Crippen molar-refractivity contribution in [2.24, 2.45) is 5.16 Å². The molecular weight excluding hydrogens is 558 g/mol. The van der Waals surface area contributed by atoms with E-state index >= 15 is 0 Å². The summed E-state index contributed by atoms with van der Waals surface area (Å²) in [6, 6.07) is 39.2. The molecule has 232 valence electrons. The number of nitrogens with zero attached hydrogens (tertiary/aromatic N) is 1. The van der Waals surface area contributed by atoms with E-state index in [0.29, 0.717) is 6.61 Å². The average Bonchev–Trinajstić information content (AvgIpc) is 3.09. The van der Waals surface area contributed by atoms with Gasteiger partial charge in [0.1, 0.15) is 24.0 Å². The Labute approximate surface area is 259 Å². The fourth-order valence-electron chi connectivity index (χ4n) is 4.74. The number of methoxy groups -OCH3 is 2. The van der Waals surface area contributed by atoms with E-state index < -0.39 is 24.6 Å². The van der Waals surface area contributed by atoms with Crippen LogP contribution >= 0.6 is 0 Å². The molecule has 3 atom stereocenters. The molecule has 0 spiro atoms. The van der Waals surface area contributed by atoms with Crippen LogP contribution in [0, 0.1) is 0 Å². The first-order chi connectivity index (χ1) is 21.7. The van der Waals surface area contributed by atoms with Crippen LogP contribution in [0.4, 0.5) is 0 Å². The van der Waals surface area contributed by atoms with Crippen molar-refractivity contribution in [1.29, 1.82) is 0 Å². The fourth-order valence-corrected chi connectivity index (χ4v) is 4.74. The van der Waals surface area contributed by atoms with Gasteiger partial charge in [-0.15, -0.1) is 0 Å². The third kappa shape index (κ3) is 10.4. The molecule has 0 aliphatic rings. The molecule has 4 aromatic rings. The van der Waals surface area contributed by atoms with Gasteiger partial charge < -0.3 is 33.6 Å². The Morgan fingerprint density at radius 1 is 0.545 bits per heavy atom. The van der Waals surface area contributed by atoms with Crippen LogP contribution in [0.25, 0.3) is 0 Å². The molecular formula is C36H41NO7. The Balaban J connectivity index is 1.66. The lowest BCUT2D eigenvalue weighted by Gasteiger charge is -2.36. The van der Waals surface area contributed by atoms with E-state index in [-0.39, 0.29) is 32.1 Å². The molecule has 4 rings (SSSR count). The molecule has 0 saturated heterocycles. The summed E-state index contributed by atoms with van der Waals surface area (Å²) >= 11 is 0. The highest BCUT2D eigenvalue weighted by molar-refractivity contribution is 5.90. The molecule has 0 unspecified atom stereocenters. The first kappa shape index (κ1) is 33.0. The number of ether oxygens (including phenoxy) is 6. The highest BCUT2D eigenvalue weighted by Crippen LogP contribution is 2.24. The van der Waals surface area contributed by atoms with Crippen LogP contribution in [-0.2, 0) is 54.8 Å². The van der Waals surface area contributed by atoms with Crippen LogP contribution in [0.1, 0.15) is 22.3 Å². The molecule has 0 amide bonds. The number of benzene rings is 4. The summed E-state index contributed by atoms with van der Waals surface area (Å²) in [5.41, 5.74) is 4.10. The lowest BCUT2D eigenvalue weighted by Crippen LogP contribution is -2.53. The molecule has 0 radical (unpaired) electrons. The molecule has 0 bridgehead atoms. The van der Waals surface area contributed by atoms with Gasteiger partial charge in [0, 0.05) is 14.2 Å². The predicted octanol–water partition coefficient (Wildman–Crippen LogP) is 6.41. The maximum atomic E-state index is 10.3. The largest absolute Gasteiger partial charge is 0.411 e. The molecule has 0 fully saturated rings. The van der Waals surface area contributed by atoms with Gasteiger partial charge in [0.15, 0.2) is 6.29 Å². The van der Waals surface area contributed by atoms with Gasteiger partial charge in [-0.1, -0.05) is 126 Å². The summed E-state index contributed by atoms with van der Waals surface area (Å²) in [4.78, 5) is 0. The van der Waals surface area contributed by atoms with Crippen molar-refractivity contribution in [1.82, 2.24) is 0 Å².